The Kier molecular flexibility index (Phi) is 3.39. The molecule has 1 saturated carbocycles. The van der Waals surface area contributed by atoms with E-state index in [1.165, 1.54) is 44.3 Å². The molecule has 2 fully saturated rings. The Hall–Kier alpha value is -0.870. The predicted molar refractivity (Wildman–Crippen MR) is 72.4 cm³/mol. The summed E-state index contributed by atoms with van der Waals surface area (Å²) in [5.41, 5.74) is 1.29. The molecule has 1 aliphatic carbocycles. The van der Waals surface area contributed by atoms with Crippen molar-refractivity contribution in [1.29, 1.82) is 0 Å². The van der Waals surface area contributed by atoms with Gasteiger partial charge in [0.05, 0.1) is 6.20 Å². The number of nitrogens with zero attached hydrogens (tertiary/aromatic N) is 3. The van der Waals surface area contributed by atoms with Crippen LogP contribution in [0, 0.1) is 0 Å². The normalized spacial score (nSPS) is 24.3. The maximum Gasteiger partial charge on any atom is 0.0537 e. The Morgan fingerprint density at radius 1 is 1.28 bits per heavy atom. The highest BCUT2D eigenvalue weighted by molar-refractivity contribution is 5.09. The van der Waals surface area contributed by atoms with E-state index in [-0.39, 0.29) is 0 Å². The molecule has 1 aromatic heterocycles. The second kappa shape index (κ2) is 5.02. The molecule has 1 aromatic rings. The van der Waals surface area contributed by atoms with Crippen LogP contribution in [0.5, 0.6) is 0 Å². The molecule has 1 saturated heterocycles. The van der Waals surface area contributed by atoms with Crippen molar-refractivity contribution in [3.8, 4) is 0 Å². The molecule has 4 nitrogen and oxygen atoms in total. The van der Waals surface area contributed by atoms with Crippen LogP contribution in [-0.2, 0) is 7.05 Å². The lowest BCUT2D eigenvalue weighted by Crippen LogP contribution is -2.43. The van der Waals surface area contributed by atoms with Gasteiger partial charge in [0.2, 0.25) is 0 Å². The van der Waals surface area contributed by atoms with E-state index in [0.29, 0.717) is 12.1 Å². The molecule has 2 heterocycles. The van der Waals surface area contributed by atoms with Gasteiger partial charge in [-0.3, -0.25) is 4.68 Å². The first-order valence-electron chi connectivity index (χ1n) is 7.21. The molecule has 2 aliphatic rings. The first-order chi connectivity index (χ1) is 8.72. The number of likely N-dealkylation sites (tertiary alicyclic amines) is 1. The van der Waals surface area contributed by atoms with Crippen molar-refractivity contribution in [2.75, 3.05) is 13.1 Å². The predicted octanol–water partition coefficient (Wildman–Crippen LogP) is 1.70. The van der Waals surface area contributed by atoms with Gasteiger partial charge in [0, 0.05) is 36.9 Å². The lowest BCUT2D eigenvalue weighted by molar-refractivity contribution is 0.184. The maximum absolute atomic E-state index is 4.24. The minimum atomic E-state index is 0.413. The number of aromatic nitrogens is 2. The maximum atomic E-state index is 4.24. The topological polar surface area (TPSA) is 33.1 Å². The number of hydrogen-bond acceptors (Lipinski definition) is 3. The Morgan fingerprint density at radius 3 is 2.56 bits per heavy atom. The zero-order valence-electron chi connectivity index (χ0n) is 11.5. The van der Waals surface area contributed by atoms with Crippen LogP contribution in [0.25, 0.3) is 0 Å². The summed E-state index contributed by atoms with van der Waals surface area (Å²) < 4.78 is 1.88. The third-order valence-corrected chi connectivity index (χ3v) is 4.30. The van der Waals surface area contributed by atoms with Crippen LogP contribution < -0.4 is 5.32 Å². The van der Waals surface area contributed by atoms with Crippen molar-refractivity contribution in [3.05, 3.63) is 18.0 Å². The fourth-order valence-corrected chi connectivity index (χ4v) is 2.98. The summed E-state index contributed by atoms with van der Waals surface area (Å²) >= 11 is 0. The van der Waals surface area contributed by atoms with Crippen molar-refractivity contribution in [1.82, 2.24) is 20.0 Å². The highest BCUT2D eigenvalue weighted by Crippen LogP contribution is 2.29. The zero-order valence-corrected chi connectivity index (χ0v) is 11.5. The van der Waals surface area contributed by atoms with E-state index in [1.807, 2.05) is 17.9 Å². The monoisotopic (exact) mass is 248 g/mol. The van der Waals surface area contributed by atoms with Crippen molar-refractivity contribution < 1.29 is 0 Å². The Labute approximate surface area is 109 Å². The summed E-state index contributed by atoms with van der Waals surface area (Å²) in [6.07, 6.45) is 9.53. The van der Waals surface area contributed by atoms with Gasteiger partial charge in [-0.2, -0.15) is 5.10 Å². The summed E-state index contributed by atoms with van der Waals surface area (Å²) in [4.78, 5) is 2.67. The Morgan fingerprint density at radius 2 is 2.00 bits per heavy atom. The van der Waals surface area contributed by atoms with Gasteiger partial charge < -0.3 is 10.2 Å². The Balaban J connectivity index is 1.48. The van der Waals surface area contributed by atoms with E-state index < -0.39 is 0 Å². The smallest absolute Gasteiger partial charge is 0.0537 e. The summed E-state index contributed by atoms with van der Waals surface area (Å²) in [5, 5.41) is 7.99. The minimum absolute atomic E-state index is 0.413. The number of hydrogen-bond donors (Lipinski definition) is 1. The lowest BCUT2D eigenvalue weighted by atomic mass is 10.0. The number of rotatable bonds is 4. The number of aryl methyl sites for hydroxylation is 1. The summed E-state index contributed by atoms with van der Waals surface area (Å²) in [6.45, 7) is 4.80. The van der Waals surface area contributed by atoms with Crippen LogP contribution in [0.15, 0.2) is 12.4 Å². The third-order valence-electron chi connectivity index (χ3n) is 4.30. The van der Waals surface area contributed by atoms with Crippen LogP contribution in [-0.4, -0.2) is 39.9 Å². The SMILES string of the molecule is CC(NC1CCN(C2CC2)CC1)c1cnn(C)c1. The van der Waals surface area contributed by atoms with Crippen molar-refractivity contribution in [2.24, 2.45) is 7.05 Å². The third kappa shape index (κ3) is 2.75. The molecule has 3 rings (SSSR count). The number of nitrogens with one attached hydrogen (secondary N) is 1. The van der Waals surface area contributed by atoms with E-state index in [0.717, 1.165) is 6.04 Å². The molecule has 1 unspecified atom stereocenters. The first kappa shape index (κ1) is 12.2. The van der Waals surface area contributed by atoms with E-state index >= 15 is 0 Å². The van der Waals surface area contributed by atoms with Gasteiger partial charge >= 0.3 is 0 Å². The fourth-order valence-electron chi connectivity index (χ4n) is 2.98. The second-order valence-corrected chi connectivity index (χ2v) is 5.88. The largest absolute Gasteiger partial charge is 0.307 e. The van der Waals surface area contributed by atoms with Gasteiger partial charge in [-0.05, 0) is 45.7 Å². The molecule has 1 atom stereocenters. The molecule has 0 spiro atoms. The molecule has 1 aliphatic heterocycles. The van der Waals surface area contributed by atoms with Crippen LogP contribution in [0.4, 0.5) is 0 Å². The lowest BCUT2D eigenvalue weighted by Gasteiger charge is -2.33. The first-order valence-corrected chi connectivity index (χ1v) is 7.21. The average Bonchev–Trinajstić information content (AvgIpc) is 3.12. The zero-order chi connectivity index (χ0) is 12.5. The van der Waals surface area contributed by atoms with E-state index in [2.05, 4.69) is 28.4 Å². The highest BCUT2D eigenvalue weighted by Gasteiger charge is 2.31. The van der Waals surface area contributed by atoms with Gasteiger partial charge in [-0.15, -0.1) is 0 Å². The molecule has 0 amide bonds. The van der Waals surface area contributed by atoms with E-state index in [1.54, 1.807) is 0 Å². The molecule has 1 N–H and O–H groups in total. The van der Waals surface area contributed by atoms with Crippen LogP contribution >= 0.6 is 0 Å². The second-order valence-electron chi connectivity index (χ2n) is 5.88. The summed E-state index contributed by atoms with van der Waals surface area (Å²) in [5.74, 6) is 0. The van der Waals surface area contributed by atoms with E-state index in [9.17, 15) is 0 Å². The molecule has 0 aromatic carbocycles. The van der Waals surface area contributed by atoms with Crippen molar-refractivity contribution in [2.45, 2.75) is 50.7 Å². The van der Waals surface area contributed by atoms with Gasteiger partial charge in [0.25, 0.3) is 0 Å². The van der Waals surface area contributed by atoms with Gasteiger partial charge in [-0.1, -0.05) is 0 Å². The van der Waals surface area contributed by atoms with Crippen molar-refractivity contribution >= 4 is 0 Å². The molecule has 18 heavy (non-hydrogen) atoms. The molecule has 4 heteroatoms. The summed E-state index contributed by atoms with van der Waals surface area (Å²) in [7, 11) is 1.98. The standard InChI is InChI=1S/C14H24N4/c1-11(12-9-15-17(2)10-12)16-13-5-7-18(8-6-13)14-3-4-14/h9-11,13-14,16H,3-8H2,1-2H3. The molecular formula is C14H24N4. The van der Waals surface area contributed by atoms with Crippen LogP contribution in [0.1, 0.15) is 44.2 Å². The highest BCUT2D eigenvalue weighted by atomic mass is 15.2. The average molecular weight is 248 g/mol. The minimum Gasteiger partial charge on any atom is -0.307 e. The van der Waals surface area contributed by atoms with E-state index in [4.69, 9.17) is 0 Å². The fraction of sp³-hybridized carbons (Fsp3) is 0.786. The Bertz CT molecular complexity index is 388. The molecular weight excluding hydrogens is 224 g/mol. The van der Waals surface area contributed by atoms with Crippen LogP contribution in [0.2, 0.25) is 0 Å². The summed E-state index contributed by atoms with van der Waals surface area (Å²) in [6, 6.07) is 2.02. The van der Waals surface area contributed by atoms with Gasteiger partial charge in [0.1, 0.15) is 0 Å². The number of piperidine rings is 1. The molecule has 100 valence electrons. The molecule has 0 bridgehead atoms. The van der Waals surface area contributed by atoms with Gasteiger partial charge in [-0.25, -0.2) is 0 Å². The van der Waals surface area contributed by atoms with Gasteiger partial charge in [0.15, 0.2) is 0 Å². The molecule has 0 radical (unpaired) electrons. The van der Waals surface area contributed by atoms with Crippen molar-refractivity contribution in [3.63, 3.8) is 0 Å². The van der Waals surface area contributed by atoms with Crippen LogP contribution in [0.3, 0.4) is 0 Å². The quantitative estimate of drug-likeness (QED) is 0.880.